The van der Waals surface area contributed by atoms with Crippen molar-refractivity contribution in [3.63, 3.8) is 0 Å². The molecule has 96 valence electrons. The summed E-state index contributed by atoms with van der Waals surface area (Å²) in [4.78, 5) is 6.75. The first-order chi connectivity index (χ1) is 8.66. The Bertz CT molecular complexity index is 434. The molecule has 0 spiro atoms. The molecule has 1 aromatic carbocycles. The van der Waals surface area contributed by atoms with Crippen molar-refractivity contribution >= 4 is 5.84 Å². The van der Waals surface area contributed by atoms with Crippen molar-refractivity contribution < 1.29 is 0 Å². The third-order valence-corrected chi connectivity index (χ3v) is 3.16. The smallest absolute Gasteiger partial charge is 0.124 e. The average molecular weight is 243 g/mol. The minimum atomic E-state index is 0.278. The topological polar surface area (TPSA) is 27.6 Å². The van der Waals surface area contributed by atoms with Gasteiger partial charge in [0.1, 0.15) is 12.5 Å². The van der Waals surface area contributed by atoms with Crippen LogP contribution < -0.4 is 5.32 Å². The largest absolute Gasteiger partial charge is 0.364 e. The third-order valence-electron chi connectivity index (χ3n) is 3.16. The van der Waals surface area contributed by atoms with E-state index in [1.54, 1.807) is 0 Å². The van der Waals surface area contributed by atoms with E-state index in [9.17, 15) is 0 Å². The molecule has 0 saturated carbocycles. The van der Waals surface area contributed by atoms with Gasteiger partial charge in [0.2, 0.25) is 0 Å². The quantitative estimate of drug-likeness (QED) is 0.884. The van der Waals surface area contributed by atoms with E-state index in [1.165, 1.54) is 5.56 Å². The van der Waals surface area contributed by atoms with Crippen molar-refractivity contribution in [2.24, 2.45) is 4.99 Å². The van der Waals surface area contributed by atoms with E-state index in [2.05, 4.69) is 66.4 Å². The van der Waals surface area contributed by atoms with Gasteiger partial charge in [0, 0.05) is 18.3 Å². The minimum absolute atomic E-state index is 0.278. The third kappa shape index (κ3) is 3.13. The monoisotopic (exact) mass is 243 g/mol. The van der Waals surface area contributed by atoms with Gasteiger partial charge in [-0.1, -0.05) is 30.3 Å². The molecule has 2 rings (SSSR count). The predicted octanol–water partition coefficient (Wildman–Crippen LogP) is 2.93. The van der Waals surface area contributed by atoms with Crippen molar-refractivity contribution in [1.82, 2.24) is 10.2 Å². The molecule has 3 nitrogen and oxygen atoms in total. The highest BCUT2D eigenvalue weighted by Crippen LogP contribution is 2.12. The van der Waals surface area contributed by atoms with Crippen molar-refractivity contribution in [2.45, 2.75) is 32.9 Å². The Kier molecular flexibility index (Phi) is 4.03. The Morgan fingerprint density at radius 1 is 1.17 bits per heavy atom. The number of amidine groups is 1. The molecule has 1 aromatic rings. The number of benzene rings is 1. The fourth-order valence-electron chi connectivity index (χ4n) is 1.90. The summed E-state index contributed by atoms with van der Waals surface area (Å²) in [5.74, 6) is 0.961. The summed E-state index contributed by atoms with van der Waals surface area (Å²) < 4.78 is 0. The molecule has 0 radical (unpaired) electrons. The number of nitrogens with one attached hydrogen (secondary N) is 1. The fourth-order valence-corrected chi connectivity index (χ4v) is 1.90. The second-order valence-electron chi connectivity index (χ2n) is 4.89. The predicted molar refractivity (Wildman–Crippen MR) is 76.4 cm³/mol. The number of nitrogens with zero attached hydrogens (tertiary/aromatic N) is 2. The first-order valence-corrected chi connectivity index (χ1v) is 6.46. The molecule has 0 bridgehead atoms. The van der Waals surface area contributed by atoms with Crippen LogP contribution in [0.25, 0.3) is 0 Å². The zero-order valence-corrected chi connectivity index (χ0v) is 11.3. The zero-order valence-electron chi connectivity index (χ0n) is 11.3. The van der Waals surface area contributed by atoms with E-state index in [4.69, 9.17) is 0 Å². The first kappa shape index (κ1) is 12.7. The van der Waals surface area contributed by atoms with Gasteiger partial charge in [0.25, 0.3) is 0 Å². The number of hydrogen-bond acceptors (Lipinski definition) is 3. The molecule has 0 amide bonds. The van der Waals surface area contributed by atoms with Crippen LogP contribution in [0.1, 0.15) is 32.4 Å². The van der Waals surface area contributed by atoms with E-state index in [1.807, 2.05) is 12.1 Å². The lowest BCUT2D eigenvalue weighted by Crippen LogP contribution is -2.33. The van der Waals surface area contributed by atoms with Crippen LogP contribution in [-0.4, -0.2) is 23.4 Å². The molecule has 1 heterocycles. The summed E-state index contributed by atoms with van der Waals surface area (Å²) >= 11 is 0. The highest BCUT2D eigenvalue weighted by Gasteiger charge is 2.11. The molecule has 0 fully saturated rings. The Morgan fingerprint density at radius 2 is 1.89 bits per heavy atom. The maximum Gasteiger partial charge on any atom is 0.124 e. The lowest BCUT2D eigenvalue weighted by atomic mass is 10.1. The molecule has 1 aliphatic heterocycles. The van der Waals surface area contributed by atoms with Crippen LogP contribution in [-0.2, 0) is 0 Å². The van der Waals surface area contributed by atoms with Crippen LogP contribution in [0.2, 0.25) is 0 Å². The van der Waals surface area contributed by atoms with Crippen molar-refractivity contribution in [3.8, 4) is 0 Å². The van der Waals surface area contributed by atoms with E-state index in [0.29, 0.717) is 6.04 Å². The van der Waals surface area contributed by atoms with Gasteiger partial charge >= 0.3 is 0 Å². The van der Waals surface area contributed by atoms with Crippen LogP contribution in [0.3, 0.4) is 0 Å². The van der Waals surface area contributed by atoms with Crippen molar-refractivity contribution in [1.29, 1.82) is 0 Å². The van der Waals surface area contributed by atoms with Gasteiger partial charge in [0.05, 0.1) is 0 Å². The molecular formula is C15H21N3. The van der Waals surface area contributed by atoms with Crippen LogP contribution in [0, 0.1) is 0 Å². The molecule has 1 aliphatic rings. The van der Waals surface area contributed by atoms with E-state index >= 15 is 0 Å². The molecule has 1 atom stereocenters. The molecule has 1 N–H and O–H groups in total. The second kappa shape index (κ2) is 5.71. The molecule has 1 unspecified atom stereocenters. The van der Waals surface area contributed by atoms with E-state index in [0.717, 1.165) is 12.5 Å². The molecule has 0 saturated heterocycles. The maximum atomic E-state index is 4.54. The maximum absolute atomic E-state index is 4.54. The highest BCUT2D eigenvalue weighted by atomic mass is 15.2. The molecule has 0 aliphatic carbocycles. The molecule has 3 heteroatoms. The van der Waals surface area contributed by atoms with Crippen LogP contribution in [0.4, 0.5) is 0 Å². The second-order valence-corrected chi connectivity index (χ2v) is 4.89. The number of hydrogen-bond donors (Lipinski definition) is 1. The van der Waals surface area contributed by atoms with E-state index < -0.39 is 0 Å². The zero-order chi connectivity index (χ0) is 13.0. The SMILES string of the molecule is CC(NC1=NCN(C(C)C)C=C1)c1ccccc1. The van der Waals surface area contributed by atoms with E-state index in [-0.39, 0.29) is 6.04 Å². The summed E-state index contributed by atoms with van der Waals surface area (Å²) in [7, 11) is 0. The first-order valence-electron chi connectivity index (χ1n) is 6.46. The van der Waals surface area contributed by atoms with Gasteiger partial charge in [-0.3, -0.25) is 0 Å². The van der Waals surface area contributed by atoms with Gasteiger partial charge in [-0.05, 0) is 32.4 Å². The summed E-state index contributed by atoms with van der Waals surface area (Å²) in [6.45, 7) is 7.23. The molecule has 0 aromatic heterocycles. The molecular weight excluding hydrogens is 222 g/mol. The Hall–Kier alpha value is -1.77. The summed E-state index contributed by atoms with van der Waals surface area (Å²) in [5, 5.41) is 3.43. The van der Waals surface area contributed by atoms with Crippen LogP contribution in [0.15, 0.2) is 47.6 Å². The summed E-state index contributed by atoms with van der Waals surface area (Å²) in [6, 6.07) is 11.2. The fraction of sp³-hybridized carbons (Fsp3) is 0.400. The minimum Gasteiger partial charge on any atom is -0.364 e. The lowest BCUT2D eigenvalue weighted by Gasteiger charge is -2.27. The summed E-state index contributed by atoms with van der Waals surface area (Å²) in [5.41, 5.74) is 1.28. The van der Waals surface area contributed by atoms with Gasteiger partial charge in [-0.25, -0.2) is 4.99 Å². The van der Waals surface area contributed by atoms with Gasteiger partial charge in [0.15, 0.2) is 0 Å². The van der Waals surface area contributed by atoms with Gasteiger partial charge in [-0.15, -0.1) is 0 Å². The van der Waals surface area contributed by atoms with Crippen LogP contribution in [0.5, 0.6) is 0 Å². The Labute approximate surface area is 109 Å². The highest BCUT2D eigenvalue weighted by molar-refractivity contribution is 5.93. The average Bonchev–Trinajstić information content (AvgIpc) is 2.40. The Morgan fingerprint density at radius 3 is 2.44 bits per heavy atom. The van der Waals surface area contributed by atoms with Crippen LogP contribution >= 0.6 is 0 Å². The van der Waals surface area contributed by atoms with Gasteiger partial charge in [-0.2, -0.15) is 0 Å². The number of rotatable bonds is 3. The standard InChI is InChI=1S/C15H21N3/c1-12(2)18-10-9-15(16-11-18)17-13(3)14-7-5-4-6-8-14/h4-10,12-13H,11H2,1-3H3,(H,16,17). The van der Waals surface area contributed by atoms with Crippen molar-refractivity contribution in [3.05, 3.63) is 48.2 Å². The normalized spacial score (nSPS) is 16.7. The van der Waals surface area contributed by atoms with Gasteiger partial charge < -0.3 is 10.2 Å². The Balaban J connectivity index is 1.94. The van der Waals surface area contributed by atoms with Crippen molar-refractivity contribution in [2.75, 3.05) is 6.67 Å². The molecule has 18 heavy (non-hydrogen) atoms. The summed E-state index contributed by atoms with van der Waals surface area (Å²) in [6.07, 6.45) is 4.15. The number of aliphatic imine (C=N–C) groups is 1. The lowest BCUT2D eigenvalue weighted by molar-refractivity contribution is 0.317.